The van der Waals surface area contributed by atoms with Gasteiger partial charge in [0.25, 0.3) is 5.91 Å². The van der Waals surface area contributed by atoms with Crippen LogP contribution in [0, 0.1) is 0 Å². The fourth-order valence-electron chi connectivity index (χ4n) is 3.88. The minimum atomic E-state index is -1.07. The number of rotatable bonds is 5. The highest BCUT2D eigenvalue weighted by Crippen LogP contribution is 2.45. The third-order valence-corrected chi connectivity index (χ3v) is 5.51. The molecule has 1 heterocycles. The summed E-state index contributed by atoms with van der Waals surface area (Å²) in [6.07, 6.45) is 0.140. The molecule has 4 nitrogen and oxygen atoms in total. The average Bonchev–Trinajstić information content (AvgIpc) is 2.73. The molecule has 1 aliphatic heterocycles. The van der Waals surface area contributed by atoms with Crippen LogP contribution in [0.4, 0.5) is 11.4 Å². The van der Waals surface area contributed by atoms with Crippen LogP contribution in [0.15, 0.2) is 84.9 Å². The maximum Gasteiger partial charge on any atom is 0.255 e. The number of carbonyl (C=O) groups is 2. The van der Waals surface area contributed by atoms with Crippen molar-refractivity contribution in [2.45, 2.75) is 31.7 Å². The van der Waals surface area contributed by atoms with E-state index in [0.29, 0.717) is 11.6 Å². The van der Waals surface area contributed by atoms with Gasteiger partial charge in [-0.25, -0.2) is 0 Å². The van der Waals surface area contributed by atoms with Crippen molar-refractivity contribution in [3.63, 3.8) is 0 Å². The first-order valence-corrected chi connectivity index (χ1v) is 9.87. The molecule has 1 saturated heterocycles. The molecule has 0 radical (unpaired) electrons. The molecule has 4 rings (SSSR count). The van der Waals surface area contributed by atoms with Gasteiger partial charge < -0.3 is 5.32 Å². The Bertz CT molecular complexity index is 1010. The maximum absolute atomic E-state index is 13.6. The number of nitrogens with one attached hydrogen (secondary N) is 1. The lowest BCUT2D eigenvalue weighted by Crippen LogP contribution is -2.67. The molecule has 1 aliphatic rings. The van der Waals surface area contributed by atoms with Crippen LogP contribution >= 0.6 is 0 Å². The van der Waals surface area contributed by atoms with Crippen molar-refractivity contribution < 1.29 is 9.59 Å². The largest absolute Gasteiger partial charge is 0.324 e. The highest BCUT2D eigenvalue weighted by molar-refractivity contribution is 6.17. The number of anilines is 2. The van der Waals surface area contributed by atoms with Gasteiger partial charge in [-0.05, 0) is 41.3 Å². The number of para-hydroxylation sites is 2. The van der Waals surface area contributed by atoms with Gasteiger partial charge in [0.05, 0.1) is 6.42 Å². The Kier molecular flexibility index (Phi) is 4.93. The number of carbonyl (C=O) groups excluding carboxylic acids is 2. The van der Waals surface area contributed by atoms with Crippen LogP contribution in [-0.2, 0) is 15.1 Å². The van der Waals surface area contributed by atoms with Crippen LogP contribution in [0.3, 0.4) is 0 Å². The average molecular weight is 384 g/mol. The molecule has 2 amide bonds. The standard InChI is InChI=1S/C25H24N2O2/c1-18(2)19-13-15-20(16-14-19)25(24(29)26-21-9-5-3-6-10-21)17-23(28)27(25)22-11-7-4-8-12-22/h3-16,18H,17H2,1-2H3,(H,26,29). The van der Waals surface area contributed by atoms with Gasteiger partial charge in [-0.2, -0.15) is 0 Å². The van der Waals surface area contributed by atoms with Crippen LogP contribution in [0.5, 0.6) is 0 Å². The maximum atomic E-state index is 13.6. The first kappa shape index (κ1) is 18.9. The smallest absolute Gasteiger partial charge is 0.255 e. The lowest BCUT2D eigenvalue weighted by molar-refractivity contribution is -0.137. The summed E-state index contributed by atoms with van der Waals surface area (Å²) in [6, 6.07) is 26.8. The number of benzene rings is 3. The summed E-state index contributed by atoms with van der Waals surface area (Å²) in [5.74, 6) is 0.128. The molecule has 0 aliphatic carbocycles. The number of nitrogens with zero attached hydrogens (tertiary/aromatic N) is 1. The van der Waals surface area contributed by atoms with Crippen LogP contribution < -0.4 is 10.2 Å². The summed E-state index contributed by atoms with van der Waals surface area (Å²) in [4.78, 5) is 27.9. The number of β-lactam (4-membered cyclic amide) rings is 1. The minimum Gasteiger partial charge on any atom is -0.324 e. The predicted octanol–water partition coefficient (Wildman–Crippen LogP) is 5.08. The van der Waals surface area contributed by atoms with E-state index in [1.54, 1.807) is 4.90 Å². The molecule has 1 fully saturated rings. The Balaban J connectivity index is 1.78. The Morgan fingerprint density at radius 2 is 1.48 bits per heavy atom. The zero-order chi connectivity index (χ0) is 20.4. The Labute approximate surface area is 171 Å². The lowest BCUT2D eigenvalue weighted by atomic mass is 9.75. The van der Waals surface area contributed by atoms with Crippen molar-refractivity contribution in [3.05, 3.63) is 96.1 Å². The first-order chi connectivity index (χ1) is 14.0. The minimum absolute atomic E-state index is 0.0626. The van der Waals surface area contributed by atoms with Gasteiger partial charge in [-0.3, -0.25) is 14.5 Å². The fourth-order valence-corrected chi connectivity index (χ4v) is 3.88. The second kappa shape index (κ2) is 7.55. The summed E-state index contributed by atoms with van der Waals surface area (Å²) >= 11 is 0. The molecule has 0 spiro atoms. The molecular formula is C25H24N2O2. The molecular weight excluding hydrogens is 360 g/mol. The van der Waals surface area contributed by atoms with E-state index in [-0.39, 0.29) is 18.2 Å². The van der Waals surface area contributed by atoms with Crippen LogP contribution in [-0.4, -0.2) is 11.8 Å². The van der Waals surface area contributed by atoms with E-state index >= 15 is 0 Å². The molecule has 3 aromatic carbocycles. The second-order valence-electron chi connectivity index (χ2n) is 7.70. The predicted molar refractivity (Wildman–Crippen MR) is 116 cm³/mol. The molecule has 0 saturated carbocycles. The normalized spacial score (nSPS) is 18.4. The van der Waals surface area contributed by atoms with E-state index in [0.717, 1.165) is 11.3 Å². The fraction of sp³-hybridized carbons (Fsp3) is 0.200. The zero-order valence-corrected chi connectivity index (χ0v) is 16.6. The van der Waals surface area contributed by atoms with Crippen molar-refractivity contribution in [1.29, 1.82) is 0 Å². The third-order valence-electron chi connectivity index (χ3n) is 5.51. The Morgan fingerprint density at radius 3 is 2.03 bits per heavy atom. The first-order valence-electron chi connectivity index (χ1n) is 9.87. The van der Waals surface area contributed by atoms with Gasteiger partial charge in [0.1, 0.15) is 0 Å². The van der Waals surface area contributed by atoms with Crippen molar-refractivity contribution in [2.75, 3.05) is 10.2 Å². The van der Waals surface area contributed by atoms with Crippen molar-refractivity contribution in [2.24, 2.45) is 0 Å². The van der Waals surface area contributed by atoms with E-state index in [1.165, 1.54) is 5.56 Å². The van der Waals surface area contributed by atoms with E-state index in [9.17, 15) is 9.59 Å². The highest BCUT2D eigenvalue weighted by Gasteiger charge is 2.58. The molecule has 3 aromatic rings. The topological polar surface area (TPSA) is 49.4 Å². The molecule has 1 unspecified atom stereocenters. The van der Waals surface area contributed by atoms with Gasteiger partial charge in [-0.1, -0.05) is 74.5 Å². The van der Waals surface area contributed by atoms with Crippen molar-refractivity contribution >= 4 is 23.2 Å². The SMILES string of the molecule is CC(C)c1ccc(C2(C(=O)Nc3ccccc3)CC(=O)N2c2ccccc2)cc1. The summed E-state index contributed by atoms with van der Waals surface area (Å²) < 4.78 is 0. The highest BCUT2D eigenvalue weighted by atomic mass is 16.2. The monoisotopic (exact) mass is 384 g/mol. The van der Waals surface area contributed by atoms with Gasteiger partial charge in [-0.15, -0.1) is 0 Å². The molecule has 4 heteroatoms. The number of hydrogen-bond acceptors (Lipinski definition) is 2. The van der Waals surface area contributed by atoms with Gasteiger partial charge in [0.15, 0.2) is 5.54 Å². The summed E-state index contributed by atoms with van der Waals surface area (Å²) in [5.41, 5.74) is 2.38. The third kappa shape index (κ3) is 3.31. The van der Waals surface area contributed by atoms with Crippen LogP contribution in [0.1, 0.15) is 37.3 Å². The molecule has 1 atom stereocenters. The molecule has 1 N–H and O–H groups in total. The lowest BCUT2D eigenvalue weighted by Gasteiger charge is -2.50. The Hall–Kier alpha value is -3.40. The van der Waals surface area contributed by atoms with Gasteiger partial charge in [0, 0.05) is 11.4 Å². The quantitative estimate of drug-likeness (QED) is 0.624. The zero-order valence-electron chi connectivity index (χ0n) is 16.6. The number of hydrogen-bond donors (Lipinski definition) is 1. The van der Waals surface area contributed by atoms with Crippen LogP contribution in [0.2, 0.25) is 0 Å². The van der Waals surface area contributed by atoms with E-state index in [2.05, 4.69) is 19.2 Å². The Morgan fingerprint density at radius 1 is 0.897 bits per heavy atom. The van der Waals surface area contributed by atoms with E-state index < -0.39 is 5.54 Å². The van der Waals surface area contributed by atoms with Crippen LogP contribution in [0.25, 0.3) is 0 Å². The van der Waals surface area contributed by atoms with Gasteiger partial charge in [0.2, 0.25) is 5.91 Å². The van der Waals surface area contributed by atoms with Crippen molar-refractivity contribution in [3.8, 4) is 0 Å². The van der Waals surface area contributed by atoms with E-state index in [4.69, 9.17) is 0 Å². The second-order valence-corrected chi connectivity index (χ2v) is 7.70. The van der Waals surface area contributed by atoms with Gasteiger partial charge >= 0.3 is 0 Å². The molecule has 0 bridgehead atoms. The molecule has 0 aromatic heterocycles. The molecule has 29 heavy (non-hydrogen) atoms. The number of amides is 2. The van der Waals surface area contributed by atoms with E-state index in [1.807, 2.05) is 84.9 Å². The van der Waals surface area contributed by atoms with Crippen molar-refractivity contribution in [1.82, 2.24) is 0 Å². The summed E-state index contributed by atoms with van der Waals surface area (Å²) in [7, 11) is 0. The molecule has 146 valence electrons. The summed E-state index contributed by atoms with van der Waals surface area (Å²) in [5, 5.41) is 3.01. The summed E-state index contributed by atoms with van der Waals surface area (Å²) in [6.45, 7) is 4.27.